The monoisotopic (exact) mass is 498 g/mol. The Morgan fingerprint density at radius 1 is 1.17 bits per heavy atom. The number of benzene rings is 1. The Bertz CT molecular complexity index is 1000. The van der Waals surface area contributed by atoms with Crippen LogP contribution in [-0.2, 0) is 16.0 Å². The number of hydrogen-bond acceptors (Lipinski definition) is 5. The zero-order chi connectivity index (χ0) is 24.8. The van der Waals surface area contributed by atoms with Gasteiger partial charge in [0.1, 0.15) is 6.61 Å². The van der Waals surface area contributed by atoms with Crippen LogP contribution in [0.1, 0.15) is 62.4 Å². The number of methoxy groups -OCH3 is 1. The van der Waals surface area contributed by atoms with Crippen LogP contribution in [0.25, 0.3) is 0 Å². The molecule has 190 valence electrons. The van der Waals surface area contributed by atoms with Crippen LogP contribution in [0.15, 0.2) is 35.7 Å². The van der Waals surface area contributed by atoms with Crippen molar-refractivity contribution >= 4 is 23.2 Å². The maximum atomic E-state index is 13.7. The molecule has 7 heteroatoms. The molecule has 2 aliphatic rings. The SMILES string of the molecule is CC[C@H](C)CN(CC(=O)N1CCc2sccc2[C@@H]1COc1ccccc1OC)C(=O)C1CCCC1. The lowest BCUT2D eigenvalue weighted by Crippen LogP contribution is -2.49. The third-order valence-corrected chi connectivity index (χ3v) is 8.45. The van der Waals surface area contributed by atoms with E-state index in [2.05, 4.69) is 25.3 Å². The van der Waals surface area contributed by atoms with Gasteiger partial charge in [-0.2, -0.15) is 0 Å². The van der Waals surface area contributed by atoms with Crippen LogP contribution in [0, 0.1) is 11.8 Å². The minimum absolute atomic E-state index is 0.00475. The van der Waals surface area contributed by atoms with Crippen molar-refractivity contribution in [3.8, 4) is 11.5 Å². The number of thiophene rings is 1. The number of rotatable bonds is 10. The Morgan fingerprint density at radius 3 is 2.63 bits per heavy atom. The molecule has 2 amide bonds. The summed E-state index contributed by atoms with van der Waals surface area (Å²) in [5, 5.41) is 2.09. The smallest absolute Gasteiger partial charge is 0.242 e. The number of nitrogens with zero attached hydrogens (tertiary/aromatic N) is 2. The highest BCUT2D eigenvalue weighted by molar-refractivity contribution is 7.10. The fourth-order valence-electron chi connectivity index (χ4n) is 5.20. The van der Waals surface area contributed by atoms with E-state index in [1.165, 1.54) is 4.88 Å². The first kappa shape index (κ1) is 25.5. The van der Waals surface area contributed by atoms with E-state index in [1.807, 2.05) is 34.1 Å². The molecule has 0 saturated heterocycles. The van der Waals surface area contributed by atoms with E-state index in [4.69, 9.17) is 9.47 Å². The van der Waals surface area contributed by atoms with Crippen molar-refractivity contribution in [1.29, 1.82) is 0 Å². The van der Waals surface area contributed by atoms with Gasteiger partial charge >= 0.3 is 0 Å². The molecule has 1 saturated carbocycles. The molecule has 1 aromatic heterocycles. The minimum Gasteiger partial charge on any atom is -0.493 e. The molecular weight excluding hydrogens is 460 g/mol. The van der Waals surface area contributed by atoms with Gasteiger partial charge in [0.2, 0.25) is 11.8 Å². The Hall–Kier alpha value is -2.54. The highest BCUT2D eigenvalue weighted by Gasteiger charge is 2.35. The Morgan fingerprint density at radius 2 is 1.91 bits per heavy atom. The van der Waals surface area contributed by atoms with E-state index in [9.17, 15) is 9.59 Å². The zero-order valence-electron chi connectivity index (χ0n) is 21.2. The van der Waals surface area contributed by atoms with Gasteiger partial charge in [0, 0.05) is 23.9 Å². The molecule has 1 aliphatic carbocycles. The maximum Gasteiger partial charge on any atom is 0.242 e. The van der Waals surface area contributed by atoms with E-state index < -0.39 is 0 Å². The average Bonchev–Trinajstić information content (AvgIpc) is 3.59. The summed E-state index contributed by atoms with van der Waals surface area (Å²) in [6, 6.07) is 9.50. The van der Waals surface area contributed by atoms with Gasteiger partial charge in [-0.05, 0) is 54.3 Å². The lowest BCUT2D eigenvalue weighted by atomic mass is 10.00. The molecule has 2 aromatic rings. The highest BCUT2D eigenvalue weighted by atomic mass is 32.1. The van der Waals surface area contributed by atoms with Gasteiger partial charge in [-0.15, -0.1) is 11.3 Å². The molecular formula is C28H38N2O4S. The van der Waals surface area contributed by atoms with E-state index in [0.29, 0.717) is 37.1 Å². The Kier molecular flexibility index (Phi) is 8.71. The van der Waals surface area contributed by atoms with Gasteiger partial charge in [-0.25, -0.2) is 0 Å². The summed E-state index contributed by atoms with van der Waals surface area (Å²) in [5.41, 5.74) is 1.15. The number of amides is 2. The molecule has 0 unspecified atom stereocenters. The van der Waals surface area contributed by atoms with Gasteiger partial charge < -0.3 is 19.3 Å². The van der Waals surface area contributed by atoms with Gasteiger partial charge in [0.25, 0.3) is 0 Å². The highest BCUT2D eigenvalue weighted by Crippen LogP contribution is 2.35. The Balaban J connectivity index is 1.51. The average molecular weight is 499 g/mol. The van der Waals surface area contributed by atoms with E-state index >= 15 is 0 Å². The van der Waals surface area contributed by atoms with Crippen LogP contribution in [0.3, 0.4) is 0 Å². The molecule has 0 bridgehead atoms. The number of carbonyl (C=O) groups excluding carboxylic acids is 2. The maximum absolute atomic E-state index is 13.7. The molecule has 1 aromatic carbocycles. The van der Waals surface area contributed by atoms with E-state index in [1.54, 1.807) is 18.4 Å². The number of ether oxygens (including phenoxy) is 2. The lowest BCUT2D eigenvalue weighted by molar-refractivity contribution is -0.145. The largest absolute Gasteiger partial charge is 0.493 e. The molecule has 1 fully saturated rings. The van der Waals surface area contributed by atoms with Crippen molar-refractivity contribution in [2.24, 2.45) is 11.8 Å². The molecule has 6 nitrogen and oxygen atoms in total. The van der Waals surface area contributed by atoms with Crippen molar-refractivity contribution < 1.29 is 19.1 Å². The van der Waals surface area contributed by atoms with Crippen LogP contribution in [0.2, 0.25) is 0 Å². The first-order chi connectivity index (χ1) is 17.0. The summed E-state index contributed by atoms with van der Waals surface area (Å²) in [6.07, 6.45) is 5.93. The molecule has 0 radical (unpaired) electrons. The third kappa shape index (κ3) is 6.00. The molecule has 35 heavy (non-hydrogen) atoms. The van der Waals surface area contributed by atoms with E-state index in [0.717, 1.165) is 44.1 Å². The summed E-state index contributed by atoms with van der Waals surface area (Å²) in [4.78, 5) is 32.2. The van der Waals surface area contributed by atoms with E-state index in [-0.39, 0.29) is 30.3 Å². The second-order valence-electron chi connectivity index (χ2n) is 9.83. The van der Waals surface area contributed by atoms with Crippen LogP contribution in [-0.4, -0.2) is 55.0 Å². The number of hydrogen-bond donors (Lipinski definition) is 0. The third-order valence-electron chi connectivity index (χ3n) is 7.45. The van der Waals surface area contributed by atoms with Crippen molar-refractivity contribution in [1.82, 2.24) is 9.80 Å². The van der Waals surface area contributed by atoms with Crippen molar-refractivity contribution in [3.63, 3.8) is 0 Å². The van der Waals surface area contributed by atoms with Crippen LogP contribution in [0.4, 0.5) is 0 Å². The normalized spacial score (nSPS) is 18.7. The predicted molar refractivity (Wildman–Crippen MR) is 139 cm³/mol. The van der Waals surface area contributed by atoms with Crippen LogP contribution in [0.5, 0.6) is 11.5 Å². The first-order valence-electron chi connectivity index (χ1n) is 12.9. The van der Waals surface area contributed by atoms with Gasteiger partial charge in [0.05, 0.1) is 19.7 Å². The lowest BCUT2D eigenvalue weighted by Gasteiger charge is -2.37. The van der Waals surface area contributed by atoms with Crippen LogP contribution >= 0.6 is 11.3 Å². The Labute approximate surface area is 213 Å². The standard InChI is InChI=1S/C28H38N2O4S/c1-4-20(2)17-29(28(32)21-9-5-6-10-21)18-27(31)30-15-13-26-22(14-16-35-26)23(30)19-34-25-12-8-7-11-24(25)33-3/h7-8,11-12,14,16,20-21,23H,4-6,9-10,13,15,17-19H2,1-3H3/t20-,23-/m0/s1. The summed E-state index contributed by atoms with van der Waals surface area (Å²) in [7, 11) is 1.63. The second-order valence-corrected chi connectivity index (χ2v) is 10.8. The van der Waals surface area contributed by atoms with Crippen molar-refractivity contribution in [2.75, 3.05) is 33.4 Å². The molecule has 2 heterocycles. The molecule has 0 spiro atoms. The van der Waals surface area contributed by atoms with Crippen molar-refractivity contribution in [3.05, 3.63) is 46.2 Å². The number of fused-ring (bicyclic) bond motifs is 1. The quantitative estimate of drug-likeness (QED) is 0.444. The second kappa shape index (κ2) is 11.9. The summed E-state index contributed by atoms with van der Waals surface area (Å²) in [5.74, 6) is 1.94. The molecule has 0 N–H and O–H groups in total. The van der Waals surface area contributed by atoms with Crippen LogP contribution < -0.4 is 9.47 Å². The van der Waals surface area contributed by atoms with Crippen molar-refractivity contribution in [2.45, 2.75) is 58.4 Å². The summed E-state index contributed by atoms with van der Waals surface area (Å²) in [6.45, 7) is 6.06. The molecule has 1 aliphatic heterocycles. The van der Waals surface area contributed by atoms with Gasteiger partial charge in [0.15, 0.2) is 11.5 Å². The zero-order valence-corrected chi connectivity index (χ0v) is 22.0. The van der Waals surface area contributed by atoms with Gasteiger partial charge in [-0.3, -0.25) is 9.59 Å². The molecule has 2 atom stereocenters. The minimum atomic E-state index is -0.186. The summed E-state index contributed by atoms with van der Waals surface area (Å²) < 4.78 is 11.6. The predicted octanol–water partition coefficient (Wildman–Crippen LogP) is 5.33. The fraction of sp³-hybridized carbons (Fsp3) is 0.571. The topological polar surface area (TPSA) is 59.1 Å². The number of para-hydroxylation sites is 2. The van der Waals surface area contributed by atoms with Gasteiger partial charge in [-0.1, -0.05) is 45.2 Å². The fourth-order valence-corrected chi connectivity index (χ4v) is 6.13. The first-order valence-corrected chi connectivity index (χ1v) is 13.8. The molecule has 4 rings (SSSR count). The summed E-state index contributed by atoms with van der Waals surface area (Å²) >= 11 is 1.74. The number of carbonyl (C=O) groups is 2.